The molecule has 0 radical (unpaired) electrons. The van der Waals surface area contributed by atoms with Gasteiger partial charge in [0.15, 0.2) is 5.78 Å². The van der Waals surface area contributed by atoms with Crippen molar-refractivity contribution in [2.45, 2.75) is 6.92 Å². The minimum Gasteiger partial charge on any atom is -0.490 e. The van der Waals surface area contributed by atoms with E-state index in [1.54, 1.807) is 33.8 Å². The highest BCUT2D eigenvalue weighted by atomic mass is 35.5. The van der Waals surface area contributed by atoms with Crippen molar-refractivity contribution in [3.63, 3.8) is 0 Å². The van der Waals surface area contributed by atoms with Crippen LogP contribution in [-0.4, -0.2) is 75.6 Å². The van der Waals surface area contributed by atoms with Gasteiger partial charge in [0.25, 0.3) is 5.91 Å². The van der Waals surface area contributed by atoms with Gasteiger partial charge in [0.2, 0.25) is 5.75 Å². The molecule has 1 saturated heterocycles. The second kappa shape index (κ2) is 9.16. The van der Waals surface area contributed by atoms with Gasteiger partial charge in [-0.2, -0.15) is 0 Å². The number of carbonyl (C=O) groups is 2. The summed E-state index contributed by atoms with van der Waals surface area (Å²) < 4.78 is 7.00. The van der Waals surface area contributed by atoms with Gasteiger partial charge in [0.1, 0.15) is 5.65 Å². The number of ketones is 1. The lowest BCUT2D eigenvalue weighted by atomic mass is 10.0. The monoisotopic (exact) mass is 471 g/mol. The Bertz CT molecular complexity index is 1250. The van der Waals surface area contributed by atoms with Gasteiger partial charge in [-0.15, -0.1) is 0 Å². The van der Waals surface area contributed by atoms with E-state index in [2.05, 4.69) is 4.98 Å². The van der Waals surface area contributed by atoms with Crippen molar-refractivity contribution in [1.29, 1.82) is 0 Å². The van der Waals surface area contributed by atoms with Crippen LogP contribution in [-0.2, 0) is 0 Å². The number of hydrogen-bond acceptors (Lipinski definition) is 7. The predicted octanol–water partition coefficient (Wildman–Crippen LogP) is 2.85. The van der Waals surface area contributed by atoms with Crippen LogP contribution in [0, 0.1) is 17.0 Å². The molecule has 0 atom stereocenters. The minimum absolute atomic E-state index is 0.0325. The predicted molar refractivity (Wildman–Crippen MR) is 121 cm³/mol. The first-order valence-electron chi connectivity index (χ1n) is 10.3. The fourth-order valence-corrected chi connectivity index (χ4v) is 4.23. The number of nitrogens with zero attached hydrogens (tertiary/aromatic N) is 5. The van der Waals surface area contributed by atoms with E-state index < -0.39 is 4.92 Å². The molecule has 10 nitrogen and oxygen atoms in total. The number of piperazine rings is 1. The Morgan fingerprint density at radius 3 is 2.61 bits per heavy atom. The summed E-state index contributed by atoms with van der Waals surface area (Å²) in [5, 5.41) is 11.6. The Morgan fingerprint density at radius 2 is 1.94 bits per heavy atom. The summed E-state index contributed by atoms with van der Waals surface area (Å²) in [6.07, 6.45) is 5.26. The van der Waals surface area contributed by atoms with Crippen molar-refractivity contribution in [2.24, 2.45) is 0 Å². The number of amides is 1. The van der Waals surface area contributed by atoms with E-state index >= 15 is 0 Å². The molecule has 11 heteroatoms. The summed E-state index contributed by atoms with van der Waals surface area (Å²) in [6, 6.07) is 4.97. The third-order valence-electron chi connectivity index (χ3n) is 5.81. The number of pyridine rings is 1. The molecule has 0 spiro atoms. The Labute approximate surface area is 194 Å². The van der Waals surface area contributed by atoms with Gasteiger partial charge in [-0.1, -0.05) is 11.6 Å². The molecule has 0 unspecified atom stereocenters. The van der Waals surface area contributed by atoms with Crippen LogP contribution < -0.4 is 4.74 Å². The lowest BCUT2D eigenvalue weighted by Crippen LogP contribution is -2.50. The number of nitro benzene ring substituents is 1. The van der Waals surface area contributed by atoms with Crippen molar-refractivity contribution in [3.8, 4) is 5.75 Å². The summed E-state index contributed by atoms with van der Waals surface area (Å²) in [5.74, 6) is -0.535. The largest absolute Gasteiger partial charge is 0.490 e. The highest BCUT2D eigenvalue weighted by Crippen LogP contribution is 2.38. The van der Waals surface area contributed by atoms with Crippen LogP contribution >= 0.6 is 11.6 Å². The molecule has 4 rings (SSSR count). The molecule has 0 bridgehead atoms. The molecule has 3 aromatic rings. The molecular formula is C22H22ClN5O5. The number of imidazole rings is 1. The first-order valence-corrected chi connectivity index (χ1v) is 10.7. The summed E-state index contributed by atoms with van der Waals surface area (Å²) in [6.45, 7) is 3.40. The molecule has 1 aliphatic heterocycles. The third kappa shape index (κ3) is 4.27. The summed E-state index contributed by atoms with van der Waals surface area (Å²) in [4.78, 5) is 44.8. The quantitative estimate of drug-likeness (QED) is 0.309. The van der Waals surface area contributed by atoms with Gasteiger partial charge < -0.3 is 14.0 Å². The molecule has 33 heavy (non-hydrogen) atoms. The number of fused-ring (bicyclic) bond motifs is 1. The lowest BCUT2D eigenvalue weighted by Gasteiger charge is -2.34. The van der Waals surface area contributed by atoms with Crippen LogP contribution in [0.5, 0.6) is 5.75 Å². The van der Waals surface area contributed by atoms with Crippen LogP contribution in [0.1, 0.15) is 26.3 Å². The van der Waals surface area contributed by atoms with Crippen molar-refractivity contribution in [1.82, 2.24) is 19.2 Å². The molecule has 2 aromatic heterocycles. The lowest BCUT2D eigenvalue weighted by molar-refractivity contribution is -0.386. The van der Waals surface area contributed by atoms with E-state index in [1.807, 2.05) is 11.1 Å². The first-order chi connectivity index (χ1) is 15.8. The van der Waals surface area contributed by atoms with Gasteiger partial charge in [0, 0.05) is 50.3 Å². The first kappa shape index (κ1) is 22.7. The molecule has 1 aromatic carbocycles. The number of Topliss-reactive ketones (excluding diaryl/α,β-unsaturated/α-hetero) is 1. The average molecular weight is 472 g/mol. The number of halogens is 1. The smallest absolute Gasteiger partial charge is 0.316 e. The van der Waals surface area contributed by atoms with E-state index in [0.29, 0.717) is 37.4 Å². The number of hydrogen-bond donors (Lipinski definition) is 0. The maximum atomic E-state index is 13.0. The molecular weight excluding hydrogens is 450 g/mol. The zero-order valence-electron chi connectivity index (χ0n) is 18.2. The summed E-state index contributed by atoms with van der Waals surface area (Å²) in [5.41, 5.74) is 1.14. The molecule has 172 valence electrons. The van der Waals surface area contributed by atoms with E-state index in [0.717, 1.165) is 0 Å². The Morgan fingerprint density at radius 1 is 1.21 bits per heavy atom. The molecule has 0 aliphatic carbocycles. The molecule has 1 fully saturated rings. The Kier molecular flexibility index (Phi) is 6.30. The van der Waals surface area contributed by atoms with Gasteiger partial charge in [-0.05, 0) is 25.1 Å². The van der Waals surface area contributed by atoms with Crippen molar-refractivity contribution in [2.75, 3.05) is 39.8 Å². The van der Waals surface area contributed by atoms with Crippen LogP contribution in [0.2, 0.25) is 5.02 Å². The standard InChI is InChI=1S/C22H22ClN5O5/c1-14-17(23)12-16(20(33-2)19(14)28(31)32)18(29)13-25-8-10-27(11-9-25)22(30)15-4-3-6-26-7-5-24-21(15)26/h3-7,12H,8-11,13H2,1-2H3. The third-order valence-corrected chi connectivity index (χ3v) is 6.20. The maximum Gasteiger partial charge on any atom is 0.316 e. The molecule has 1 amide bonds. The molecule has 1 aliphatic rings. The minimum atomic E-state index is -0.596. The summed E-state index contributed by atoms with van der Waals surface area (Å²) >= 11 is 6.15. The number of nitro groups is 1. The highest BCUT2D eigenvalue weighted by Gasteiger charge is 2.30. The number of ether oxygens (including phenoxy) is 1. The molecule has 3 heterocycles. The van der Waals surface area contributed by atoms with E-state index in [9.17, 15) is 19.7 Å². The van der Waals surface area contributed by atoms with E-state index in [1.165, 1.54) is 20.1 Å². The normalized spacial score (nSPS) is 14.5. The number of aromatic nitrogens is 2. The highest BCUT2D eigenvalue weighted by molar-refractivity contribution is 6.32. The number of rotatable bonds is 6. The van der Waals surface area contributed by atoms with Gasteiger partial charge in [0.05, 0.1) is 34.7 Å². The van der Waals surface area contributed by atoms with Crippen molar-refractivity contribution >= 4 is 34.6 Å². The summed E-state index contributed by atoms with van der Waals surface area (Å²) in [7, 11) is 1.29. The zero-order chi connectivity index (χ0) is 23.7. The number of carbonyl (C=O) groups excluding carboxylic acids is 2. The van der Waals surface area contributed by atoms with Gasteiger partial charge in [-0.25, -0.2) is 4.98 Å². The van der Waals surface area contributed by atoms with E-state index in [-0.39, 0.29) is 45.8 Å². The molecule has 0 N–H and O–H groups in total. The Balaban J connectivity index is 1.45. The maximum absolute atomic E-state index is 13.0. The van der Waals surface area contributed by atoms with Gasteiger partial charge in [-0.3, -0.25) is 24.6 Å². The van der Waals surface area contributed by atoms with Crippen LogP contribution in [0.15, 0.2) is 36.8 Å². The average Bonchev–Trinajstić information content (AvgIpc) is 3.29. The second-order valence-electron chi connectivity index (χ2n) is 7.74. The topological polar surface area (TPSA) is 110 Å². The van der Waals surface area contributed by atoms with E-state index in [4.69, 9.17) is 16.3 Å². The SMILES string of the molecule is COc1c(C(=O)CN2CCN(C(=O)c3cccn4ccnc34)CC2)cc(Cl)c(C)c1[N+](=O)[O-]. The second-order valence-corrected chi connectivity index (χ2v) is 8.15. The molecule has 0 saturated carbocycles. The fourth-order valence-electron chi connectivity index (χ4n) is 4.03. The number of methoxy groups -OCH3 is 1. The van der Waals surface area contributed by atoms with Crippen LogP contribution in [0.4, 0.5) is 5.69 Å². The van der Waals surface area contributed by atoms with Crippen molar-refractivity contribution < 1.29 is 19.2 Å². The van der Waals surface area contributed by atoms with Crippen LogP contribution in [0.25, 0.3) is 5.65 Å². The fraction of sp³-hybridized carbons (Fsp3) is 0.318. The van der Waals surface area contributed by atoms with Gasteiger partial charge >= 0.3 is 5.69 Å². The zero-order valence-corrected chi connectivity index (χ0v) is 18.9. The van der Waals surface area contributed by atoms with Crippen LogP contribution in [0.3, 0.4) is 0 Å². The Hall–Kier alpha value is -3.50. The van der Waals surface area contributed by atoms with Crippen molar-refractivity contribution in [3.05, 3.63) is 68.6 Å². The number of benzene rings is 1.